The molecule has 0 aromatic rings. The summed E-state index contributed by atoms with van der Waals surface area (Å²) in [5, 5.41) is 0. The Morgan fingerprint density at radius 2 is 1.58 bits per heavy atom. The smallest absolute Gasteiger partial charge is 0.377 e. The second-order valence-corrected chi connectivity index (χ2v) is 11.5. The molecule has 0 bridgehead atoms. The minimum absolute atomic E-state index is 0.253. The van der Waals surface area contributed by atoms with Gasteiger partial charge in [0.15, 0.2) is 0 Å². The predicted octanol–water partition coefficient (Wildman–Crippen LogP) is 1.80. The fourth-order valence-electron chi connectivity index (χ4n) is 3.13. The van der Waals surface area contributed by atoms with Crippen LogP contribution in [0.1, 0.15) is 19.3 Å². The maximum Gasteiger partial charge on any atom is 0.500 e. The Kier molecular flexibility index (Phi) is 7.16. The van der Waals surface area contributed by atoms with Crippen LogP contribution >= 0.6 is 0 Å². The van der Waals surface area contributed by atoms with E-state index in [9.17, 15) is 0 Å². The zero-order valence-electron chi connectivity index (χ0n) is 12.9. The average molecular weight is 309 g/mol. The first-order valence-corrected chi connectivity index (χ1v) is 11.0. The lowest BCUT2D eigenvalue weighted by Gasteiger charge is -2.32. The summed E-state index contributed by atoms with van der Waals surface area (Å²) in [4.78, 5) is 0. The lowest BCUT2D eigenvalue weighted by molar-refractivity contribution is -0.146. The third kappa shape index (κ3) is 3.87. The van der Waals surface area contributed by atoms with Crippen molar-refractivity contribution in [3.05, 3.63) is 0 Å². The van der Waals surface area contributed by atoms with E-state index in [1.165, 1.54) is 18.5 Å². The number of hydrogen-bond donors (Lipinski definition) is 0. The van der Waals surface area contributed by atoms with E-state index in [2.05, 4.69) is 0 Å². The molecule has 0 spiro atoms. The first-order chi connectivity index (χ1) is 9.12. The van der Waals surface area contributed by atoms with Gasteiger partial charge in [-0.1, -0.05) is 24.9 Å². The molecule has 1 fully saturated rings. The summed E-state index contributed by atoms with van der Waals surface area (Å²) in [5.74, 6) is 0. The fraction of sp³-hybridized carbons (Fsp3) is 1.00. The third-order valence-electron chi connectivity index (χ3n) is 4.36. The summed E-state index contributed by atoms with van der Waals surface area (Å²) in [5.41, 5.74) is -0.253. The Balaban J connectivity index is 2.48. The van der Waals surface area contributed by atoms with Crippen molar-refractivity contribution in [2.24, 2.45) is 0 Å². The SMILES string of the molecule is COC1(OC)CCC[SiH]1CCC[Si](OC)(OC)OC. The largest absolute Gasteiger partial charge is 0.500 e. The summed E-state index contributed by atoms with van der Waals surface area (Å²) < 4.78 is 27.7. The summed E-state index contributed by atoms with van der Waals surface area (Å²) in [6.07, 6.45) is 3.32. The molecule has 1 aliphatic rings. The van der Waals surface area contributed by atoms with Crippen molar-refractivity contribution in [2.75, 3.05) is 35.5 Å². The molecule has 1 atom stereocenters. The molecule has 1 rings (SSSR count). The normalized spacial score (nSPS) is 22.9. The van der Waals surface area contributed by atoms with Crippen molar-refractivity contribution in [3.63, 3.8) is 0 Å². The Morgan fingerprint density at radius 3 is 2.05 bits per heavy atom. The highest BCUT2D eigenvalue weighted by atomic mass is 28.4. The molecule has 5 nitrogen and oxygen atoms in total. The standard InChI is InChI=1S/C12H28O5Si2/c1-13-12(14-2)8-6-9-18(12)10-7-11-19(15-3,16-4)17-5/h18H,6-11H2,1-5H3. The van der Waals surface area contributed by atoms with Gasteiger partial charge in [0.1, 0.15) is 14.2 Å². The highest BCUT2D eigenvalue weighted by molar-refractivity contribution is 6.63. The molecule has 1 aliphatic heterocycles. The van der Waals surface area contributed by atoms with Crippen LogP contribution in [0.4, 0.5) is 0 Å². The van der Waals surface area contributed by atoms with Gasteiger partial charge in [-0.2, -0.15) is 0 Å². The topological polar surface area (TPSA) is 46.2 Å². The molecule has 0 aliphatic carbocycles. The van der Waals surface area contributed by atoms with Crippen LogP contribution in [0.3, 0.4) is 0 Å². The zero-order valence-corrected chi connectivity index (χ0v) is 15.0. The minimum Gasteiger partial charge on any atom is -0.377 e. The van der Waals surface area contributed by atoms with Crippen LogP contribution in [0.5, 0.6) is 0 Å². The number of ether oxygens (including phenoxy) is 2. The fourth-order valence-corrected chi connectivity index (χ4v) is 9.12. The molecule has 0 aromatic carbocycles. The monoisotopic (exact) mass is 308 g/mol. The van der Waals surface area contributed by atoms with Crippen molar-refractivity contribution in [1.29, 1.82) is 0 Å². The van der Waals surface area contributed by atoms with Crippen molar-refractivity contribution in [1.82, 2.24) is 0 Å². The van der Waals surface area contributed by atoms with Crippen LogP contribution in [0.15, 0.2) is 0 Å². The van der Waals surface area contributed by atoms with Crippen LogP contribution in [-0.2, 0) is 22.8 Å². The van der Waals surface area contributed by atoms with Gasteiger partial charge >= 0.3 is 8.80 Å². The van der Waals surface area contributed by atoms with Gasteiger partial charge in [0.2, 0.25) is 0 Å². The van der Waals surface area contributed by atoms with Gasteiger partial charge in [-0.3, -0.25) is 0 Å². The molecule has 19 heavy (non-hydrogen) atoms. The maximum absolute atomic E-state index is 5.68. The molecule has 114 valence electrons. The summed E-state index contributed by atoms with van der Waals surface area (Å²) in [6, 6.07) is 3.35. The van der Waals surface area contributed by atoms with Crippen molar-refractivity contribution >= 4 is 17.6 Å². The molecule has 0 amide bonds. The number of rotatable bonds is 9. The van der Waals surface area contributed by atoms with Crippen LogP contribution in [-0.4, -0.2) is 58.6 Å². The lowest BCUT2D eigenvalue weighted by Crippen LogP contribution is -2.46. The second kappa shape index (κ2) is 7.87. The van der Waals surface area contributed by atoms with E-state index >= 15 is 0 Å². The van der Waals surface area contributed by atoms with E-state index in [0.717, 1.165) is 18.9 Å². The number of methoxy groups -OCH3 is 2. The summed E-state index contributed by atoms with van der Waals surface area (Å²) in [6.45, 7) is 0. The van der Waals surface area contributed by atoms with Crippen LogP contribution in [0.2, 0.25) is 18.1 Å². The molecule has 7 heteroatoms. The molecule has 0 N–H and O–H groups in total. The first-order valence-electron chi connectivity index (χ1n) is 6.87. The van der Waals surface area contributed by atoms with Gasteiger partial charge in [-0.25, -0.2) is 0 Å². The first kappa shape index (κ1) is 17.3. The molecule has 1 saturated heterocycles. The van der Waals surface area contributed by atoms with E-state index in [1.54, 1.807) is 35.5 Å². The maximum atomic E-state index is 5.68. The molecular weight excluding hydrogens is 280 g/mol. The van der Waals surface area contributed by atoms with Crippen LogP contribution in [0.25, 0.3) is 0 Å². The third-order valence-corrected chi connectivity index (χ3v) is 11.4. The average Bonchev–Trinajstić information content (AvgIpc) is 2.87. The predicted molar refractivity (Wildman–Crippen MR) is 79.0 cm³/mol. The highest BCUT2D eigenvalue weighted by Gasteiger charge is 2.45. The molecule has 0 saturated carbocycles. The Bertz CT molecular complexity index is 248. The van der Waals surface area contributed by atoms with Gasteiger partial charge in [-0.15, -0.1) is 0 Å². The van der Waals surface area contributed by atoms with Crippen LogP contribution < -0.4 is 0 Å². The summed E-state index contributed by atoms with van der Waals surface area (Å²) >= 11 is 0. The Morgan fingerprint density at radius 1 is 1.00 bits per heavy atom. The Hall–Kier alpha value is 0.234. The molecule has 1 unspecified atom stereocenters. The number of hydrogen-bond acceptors (Lipinski definition) is 5. The Labute approximate surface area is 119 Å². The zero-order chi connectivity index (χ0) is 14.4. The molecule has 0 radical (unpaired) electrons. The molecular formula is C12H28O5Si2. The van der Waals surface area contributed by atoms with Gasteiger partial charge in [0.05, 0.1) is 0 Å². The quantitative estimate of drug-likeness (QED) is 0.480. The van der Waals surface area contributed by atoms with Crippen molar-refractivity contribution in [2.45, 2.75) is 42.8 Å². The highest BCUT2D eigenvalue weighted by Crippen LogP contribution is 2.36. The second-order valence-electron chi connectivity index (χ2n) is 5.00. The van der Waals surface area contributed by atoms with E-state index < -0.39 is 17.6 Å². The van der Waals surface area contributed by atoms with E-state index in [-0.39, 0.29) is 5.41 Å². The lowest BCUT2D eigenvalue weighted by atomic mass is 10.3. The van der Waals surface area contributed by atoms with Crippen LogP contribution in [0, 0.1) is 0 Å². The molecule has 0 aromatic heterocycles. The van der Waals surface area contributed by atoms with Gasteiger partial charge in [0.25, 0.3) is 0 Å². The van der Waals surface area contributed by atoms with Gasteiger partial charge in [0, 0.05) is 41.6 Å². The van der Waals surface area contributed by atoms with Gasteiger partial charge < -0.3 is 22.8 Å². The van der Waals surface area contributed by atoms with Crippen molar-refractivity contribution < 1.29 is 22.8 Å². The van der Waals surface area contributed by atoms with E-state index in [4.69, 9.17) is 22.8 Å². The van der Waals surface area contributed by atoms with Crippen molar-refractivity contribution in [3.8, 4) is 0 Å². The van der Waals surface area contributed by atoms with E-state index in [0.29, 0.717) is 0 Å². The molecule has 1 heterocycles. The summed E-state index contributed by atoms with van der Waals surface area (Å²) in [7, 11) is 5.09. The van der Waals surface area contributed by atoms with Gasteiger partial charge in [-0.05, 0) is 6.42 Å². The minimum atomic E-state index is -2.42. The van der Waals surface area contributed by atoms with E-state index in [1.807, 2.05) is 0 Å².